The SMILES string of the molecule is CCCCCC[C@H](C)OC(=O)c1ccc(OC(=O)c2ccc(OC(=O)C34CCC(CCCCC)(CC3)CC4)cc2)cc1. The normalized spacial score (nSPS) is 21.9. The first kappa shape index (κ1) is 31.8. The lowest BCUT2D eigenvalue weighted by Crippen LogP contribution is -2.47. The highest BCUT2D eigenvalue weighted by atomic mass is 16.5. The molecule has 3 saturated carbocycles. The highest BCUT2D eigenvalue weighted by Crippen LogP contribution is 2.59. The summed E-state index contributed by atoms with van der Waals surface area (Å²) in [7, 11) is 0. The van der Waals surface area contributed by atoms with E-state index in [1.54, 1.807) is 48.5 Å². The van der Waals surface area contributed by atoms with Gasteiger partial charge in [-0.05, 0) is 119 Å². The van der Waals surface area contributed by atoms with Crippen molar-refractivity contribution in [3.05, 3.63) is 59.7 Å². The summed E-state index contributed by atoms with van der Waals surface area (Å²) in [6, 6.07) is 12.9. The summed E-state index contributed by atoms with van der Waals surface area (Å²) >= 11 is 0. The summed E-state index contributed by atoms with van der Waals surface area (Å²) < 4.78 is 16.9. The second kappa shape index (κ2) is 14.8. The highest BCUT2D eigenvalue weighted by molar-refractivity contribution is 5.92. The van der Waals surface area contributed by atoms with Crippen LogP contribution in [0.25, 0.3) is 0 Å². The van der Waals surface area contributed by atoms with Crippen molar-refractivity contribution >= 4 is 17.9 Å². The number of rotatable bonds is 15. The standard InChI is InChI=1S/C36H48O6/c1-4-6-8-9-11-27(3)40-32(37)28-12-16-30(17-13-28)41-33(38)29-14-18-31(19-15-29)42-34(39)36-24-21-35(22-25-36,23-26-36)20-10-7-5-2/h12-19,27H,4-11,20-26H2,1-3H3/t27-,35?,36?/m0/s1. The molecular weight excluding hydrogens is 528 g/mol. The van der Waals surface area contributed by atoms with Gasteiger partial charge in [0.25, 0.3) is 0 Å². The van der Waals surface area contributed by atoms with Gasteiger partial charge in [-0.3, -0.25) is 4.79 Å². The predicted molar refractivity (Wildman–Crippen MR) is 164 cm³/mol. The highest BCUT2D eigenvalue weighted by Gasteiger charge is 2.52. The minimum Gasteiger partial charge on any atom is -0.459 e. The molecule has 6 heteroatoms. The Hall–Kier alpha value is -3.15. The Kier molecular flexibility index (Phi) is 11.2. The summed E-state index contributed by atoms with van der Waals surface area (Å²) in [6.07, 6.45) is 16.5. The molecular formula is C36H48O6. The molecule has 0 aliphatic heterocycles. The van der Waals surface area contributed by atoms with Crippen LogP contribution in [-0.2, 0) is 9.53 Å². The molecule has 228 valence electrons. The second-order valence-electron chi connectivity index (χ2n) is 12.6. The molecule has 0 spiro atoms. The van der Waals surface area contributed by atoms with Crippen molar-refractivity contribution in [3.8, 4) is 11.5 Å². The van der Waals surface area contributed by atoms with Gasteiger partial charge in [0.15, 0.2) is 0 Å². The van der Waals surface area contributed by atoms with Gasteiger partial charge in [0.1, 0.15) is 11.5 Å². The van der Waals surface area contributed by atoms with Crippen LogP contribution in [0.2, 0.25) is 0 Å². The lowest BCUT2D eigenvalue weighted by molar-refractivity contribution is -0.156. The molecule has 0 N–H and O–H groups in total. The van der Waals surface area contributed by atoms with E-state index in [1.807, 2.05) is 6.92 Å². The van der Waals surface area contributed by atoms with Crippen LogP contribution < -0.4 is 9.47 Å². The molecule has 5 rings (SSSR count). The number of hydrogen-bond acceptors (Lipinski definition) is 6. The summed E-state index contributed by atoms with van der Waals surface area (Å²) in [5.74, 6) is -0.267. The van der Waals surface area contributed by atoms with E-state index >= 15 is 0 Å². The number of fused-ring (bicyclic) bond motifs is 3. The number of hydrogen-bond donors (Lipinski definition) is 0. The maximum absolute atomic E-state index is 13.2. The maximum Gasteiger partial charge on any atom is 0.343 e. The molecule has 0 radical (unpaired) electrons. The Morgan fingerprint density at radius 2 is 1.19 bits per heavy atom. The van der Waals surface area contributed by atoms with E-state index in [2.05, 4.69) is 13.8 Å². The smallest absolute Gasteiger partial charge is 0.343 e. The van der Waals surface area contributed by atoms with Gasteiger partial charge in [0.05, 0.1) is 22.6 Å². The van der Waals surface area contributed by atoms with E-state index in [4.69, 9.17) is 14.2 Å². The molecule has 2 aromatic carbocycles. The van der Waals surface area contributed by atoms with Crippen molar-refractivity contribution in [1.82, 2.24) is 0 Å². The number of ether oxygens (including phenoxy) is 3. The third-order valence-corrected chi connectivity index (χ3v) is 9.52. The first-order chi connectivity index (χ1) is 20.3. The zero-order valence-electron chi connectivity index (χ0n) is 25.8. The molecule has 0 aromatic heterocycles. The molecule has 0 saturated heterocycles. The molecule has 3 fully saturated rings. The van der Waals surface area contributed by atoms with Crippen LogP contribution in [0.3, 0.4) is 0 Å². The van der Waals surface area contributed by atoms with Gasteiger partial charge in [-0.15, -0.1) is 0 Å². The van der Waals surface area contributed by atoms with Crippen LogP contribution in [0.4, 0.5) is 0 Å². The number of unbranched alkanes of at least 4 members (excludes halogenated alkanes) is 5. The second-order valence-corrected chi connectivity index (χ2v) is 12.6. The van der Waals surface area contributed by atoms with Crippen LogP contribution in [-0.4, -0.2) is 24.0 Å². The van der Waals surface area contributed by atoms with Crippen molar-refractivity contribution < 1.29 is 28.6 Å². The zero-order valence-corrected chi connectivity index (χ0v) is 25.8. The number of carbonyl (C=O) groups excluding carboxylic acids is 3. The number of carbonyl (C=O) groups is 3. The van der Waals surface area contributed by atoms with Gasteiger partial charge in [-0.2, -0.15) is 0 Å². The molecule has 0 amide bonds. The minimum atomic E-state index is -0.526. The first-order valence-electron chi connectivity index (χ1n) is 16.1. The van der Waals surface area contributed by atoms with Gasteiger partial charge >= 0.3 is 17.9 Å². The average molecular weight is 577 g/mol. The molecule has 6 nitrogen and oxygen atoms in total. The summed E-state index contributed by atoms with van der Waals surface area (Å²) in [4.78, 5) is 38.4. The Morgan fingerprint density at radius 1 is 0.667 bits per heavy atom. The summed E-state index contributed by atoms with van der Waals surface area (Å²) in [5, 5.41) is 0. The predicted octanol–water partition coefficient (Wildman–Crippen LogP) is 9.25. The lowest BCUT2D eigenvalue weighted by Gasteiger charge is -2.52. The molecule has 0 unspecified atom stereocenters. The average Bonchev–Trinajstić information content (AvgIpc) is 3.01. The first-order valence-corrected chi connectivity index (χ1v) is 16.1. The van der Waals surface area contributed by atoms with Crippen molar-refractivity contribution in [3.63, 3.8) is 0 Å². The summed E-state index contributed by atoms with van der Waals surface area (Å²) in [5.41, 5.74) is 0.837. The van der Waals surface area contributed by atoms with E-state index in [9.17, 15) is 14.4 Å². The van der Waals surface area contributed by atoms with Gasteiger partial charge in [-0.1, -0.05) is 52.4 Å². The molecule has 1 atom stereocenters. The topological polar surface area (TPSA) is 78.9 Å². The van der Waals surface area contributed by atoms with Gasteiger partial charge in [0.2, 0.25) is 0 Å². The third-order valence-electron chi connectivity index (χ3n) is 9.52. The fourth-order valence-electron chi connectivity index (χ4n) is 6.56. The van der Waals surface area contributed by atoms with Crippen LogP contribution in [0.5, 0.6) is 11.5 Å². The van der Waals surface area contributed by atoms with Gasteiger partial charge < -0.3 is 14.2 Å². The Morgan fingerprint density at radius 3 is 1.76 bits per heavy atom. The Bertz CT molecular complexity index is 1160. The van der Waals surface area contributed by atoms with Gasteiger partial charge in [-0.25, -0.2) is 9.59 Å². The fraction of sp³-hybridized carbons (Fsp3) is 0.583. The Balaban J connectivity index is 1.24. The largest absolute Gasteiger partial charge is 0.459 e. The van der Waals surface area contributed by atoms with E-state index < -0.39 is 5.97 Å². The minimum absolute atomic E-state index is 0.135. The molecule has 3 aliphatic rings. The maximum atomic E-state index is 13.2. The molecule has 2 bridgehead atoms. The van der Waals surface area contributed by atoms with Crippen LogP contribution >= 0.6 is 0 Å². The quantitative estimate of drug-likeness (QED) is 0.119. The molecule has 3 aliphatic carbocycles. The monoisotopic (exact) mass is 576 g/mol. The number of esters is 3. The van der Waals surface area contributed by atoms with E-state index in [0.717, 1.165) is 57.8 Å². The van der Waals surface area contributed by atoms with E-state index in [0.29, 0.717) is 28.0 Å². The van der Waals surface area contributed by atoms with Crippen molar-refractivity contribution in [1.29, 1.82) is 0 Å². The van der Waals surface area contributed by atoms with Crippen molar-refractivity contribution in [2.24, 2.45) is 10.8 Å². The van der Waals surface area contributed by atoms with Crippen LogP contribution in [0.15, 0.2) is 48.5 Å². The molecule has 0 heterocycles. The lowest BCUT2D eigenvalue weighted by atomic mass is 9.52. The van der Waals surface area contributed by atoms with E-state index in [-0.39, 0.29) is 23.5 Å². The van der Waals surface area contributed by atoms with E-state index in [1.165, 1.54) is 38.5 Å². The zero-order chi connectivity index (χ0) is 30.0. The third kappa shape index (κ3) is 8.23. The van der Waals surface area contributed by atoms with Crippen molar-refractivity contribution in [2.75, 3.05) is 0 Å². The van der Waals surface area contributed by atoms with Crippen molar-refractivity contribution in [2.45, 2.75) is 123 Å². The molecule has 42 heavy (non-hydrogen) atoms. The van der Waals surface area contributed by atoms with Crippen LogP contribution in [0.1, 0.15) is 138 Å². The summed E-state index contributed by atoms with van der Waals surface area (Å²) in [6.45, 7) is 6.33. The molecule has 2 aromatic rings. The van der Waals surface area contributed by atoms with Gasteiger partial charge in [0, 0.05) is 0 Å². The van der Waals surface area contributed by atoms with Crippen LogP contribution in [0, 0.1) is 10.8 Å². The fourth-order valence-corrected chi connectivity index (χ4v) is 6.56. The Labute approximate surface area is 251 Å². The number of benzene rings is 2.